The van der Waals surface area contributed by atoms with Crippen molar-refractivity contribution in [1.29, 1.82) is 0 Å². The first kappa shape index (κ1) is 21.7. The number of nitrogens with zero attached hydrogens (tertiary/aromatic N) is 2. The molecule has 0 spiro atoms. The van der Waals surface area contributed by atoms with Gasteiger partial charge in [-0.05, 0) is 71.5 Å². The molecule has 0 aromatic heterocycles. The number of nitro benzene ring substituents is 1. The van der Waals surface area contributed by atoms with Crippen molar-refractivity contribution in [2.45, 2.75) is 13.5 Å². The quantitative estimate of drug-likeness (QED) is 0.137. The minimum absolute atomic E-state index is 0.00591. The molecule has 7 nitrogen and oxygen atoms in total. The Kier molecular flexibility index (Phi) is 6.31. The van der Waals surface area contributed by atoms with Crippen LogP contribution in [0.2, 0.25) is 0 Å². The van der Waals surface area contributed by atoms with Gasteiger partial charge in [-0.2, -0.15) is 0 Å². The van der Waals surface area contributed by atoms with Crippen LogP contribution in [-0.4, -0.2) is 16.8 Å². The summed E-state index contributed by atoms with van der Waals surface area (Å²) in [4.78, 5) is 27.3. The first-order valence-corrected chi connectivity index (χ1v) is 10.7. The molecule has 4 rings (SSSR count). The predicted octanol–water partition coefficient (Wildman–Crippen LogP) is 5.43. The summed E-state index contributed by atoms with van der Waals surface area (Å²) in [6.45, 7) is 2.01. The molecule has 0 radical (unpaired) electrons. The van der Waals surface area contributed by atoms with Crippen molar-refractivity contribution in [3.8, 4) is 5.75 Å². The smallest absolute Gasteiger partial charge is 0.363 e. The number of cyclic esters (lactones) is 1. The Morgan fingerprint density at radius 2 is 1.94 bits per heavy atom. The monoisotopic (exact) mass is 540 g/mol. The second kappa shape index (κ2) is 9.31. The van der Waals surface area contributed by atoms with Crippen LogP contribution < -0.4 is 4.74 Å². The van der Waals surface area contributed by atoms with Crippen LogP contribution in [0.4, 0.5) is 5.69 Å². The van der Waals surface area contributed by atoms with Crippen LogP contribution in [0.15, 0.2) is 77.4 Å². The van der Waals surface area contributed by atoms with Gasteiger partial charge in [0, 0.05) is 26.3 Å². The van der Waals surface area contributed by atoms with E-state index in [1.807, 2.05) is 48.5 Å². The van der Waals surface area contributed by atoms with Crippen molar-refractivity contribution in [2.75, 3.05) is 0 Å². The fraction of sp³-hybridized carbons (Fsp3) is 0.0833. The lowest BCUT2D eigenvalue weighted by molar-refractivity contribution is -0.385. The van der Waals surface area contributed by atoms with E-state index >= 15 is 0 Å². The summed E-state index contributed by atoms with van der Waals surface area (Å²) >= 11 is 2.25. The minimum atomic E-state index is -0.594. The number of rotatable bonds is 6. The van der Waals surface area contributed by atoms with Gasteiger partial charge >= 0.3 is 5.97 Å². The van der Waals surface area contributed by atoms with E-state index in [1.165, 1.54) is 12.1 Å². The second-order valence-corrected chi connectivity index (χ2v) is 8.30. The van der Waals surface area contributed by atoms with E-state index in [0.29, 0.717) is 29.0 Å². The van der Waals surface area contributed by atoms with E-state index in [4.69, 9.17) is 9.47 Å². The van der Waals surface area contributed by atoms with Gasteiger partial charge in [-0.3, -0.25) is 10.1 Å². The Hall–Kier alpha value is -3.53. The van der Waals surface area contributed by atoms with E-state index in [2.05, 4.69) is 27.6 Å². The summed E-state index contributed by atoms with van der Waals surface area (Å²) in [5, 5.41) is 11.0. The molecule has 0 saturated carbocycles. The summed E-state index contributed by atoms with van der Waals surface area (Å²) < 4.78 is 12.4. The Morgan fingerprint density at radius 3 is 2.69 bits per heavy atom. The van der Waals surface area contributed by atoms with Crippen LogP contribution in [0.3, 0.4) is 0 Å². The summed E-state index contributed by atoms with van der Waals surface area (Å²) in [6.07, 6.45) is 1.61. The molecule has 0 fully saturated rings. The minimum Gasteiger partial charge on any atom is -0.488 e. The van der Waals surface area contributed by atoms with E-state index < -0.39 is 10.9 Å². The van der Waals surface area contributed by atoms with Crippen LogP contribution >= 0.6 is 22.6 Å². The number of ether oxygens (including phenoxy) is 2. The molecule has 0 unspecified atom stereocenters. The SMILES string of the molecule is Cc1cc(C2=N/C(=C\c3ccccc3OCc3cccc(I)c3)C(=O)O2)ccc1[N+](=O)[O-]. The number of esters is 1. The maximum absolute atomic E-state index is 12.4. The highest BCUT2D eigenvalue weighted by molar-refractivity contribution is 14.1. The number of nitro groups is 1. The summed E-state index contributed by atoms with van der Waals surface area (Å²) in [7, 11) is 0. The van der Waals surface area contributed by atoms with Crippen LogP contribution in [0.5, 0.6) is 5.75 Å². The third-order valence-corrected chi connectivity index (χ3v) is 5.43. The van der Waals surface area contributed by atoms with Gasteiger partial charge in [0.1, 0.15) is 12.4 Å². The molecule has 3 aromatic carbocycles. The molecule has 1 aliphatic heterocycles. The molecule has 160 valence electrons. The highest BCUT2D eigenvalue weighted by Gasteiger charge is 2.25. The number of aliphatic imine (C=N–C) groups is 1. The fourth-order valence-electron chi connectivity index (χ4n) is 3.19. The van der Waals surface area contributed by atoms with Crippen LogP contribution in [0.1, 0.15) is 22.3 Å². The number of benzene rings is 3. The van der Waals surface area contributed by atoms with Crippen molar-refractivity contribution in [3.63, 3.8) is 0 Å². The van der Waals surface area contributed by atoms with E-state index in [1.54, 1.807) is 19.1 Å². The molecule has 1 heterocycles. The Balaban J connectivity index is 1.59. The predicted molar refractivity (Wildman–Crippen MR) is 128 cm³/mol. The Bertz CT molecular complexity index is 1280. The normalized spacial score (nSPS) is 14.2. The van der Waals surface area contributed by atoms with Gasteiger partial charge in [-0.25, -0.2) is 9.79 Å². The van der Waals surface area contributed by atoms with Gasteiger partial charge in [0.25, 0.3) is 5.69 Å². The lowest BCUT2D eigenvalue weighted by Crippen LogP contribution is -2.06. The molecule has 0 N–H and O–H groups in total. The largest absolute Gasteiger partial charge is 0.488 e. The number of carbonyl (C=O) groups excluding carboxylic acids is 1. The van der Waals surface area contributed by atoms with E-state index in [-0.39, 0.29) is 17.3 Å². The number of carbonyl (C=O) groups is 1. The number of halogens is 1. The van der Waals surface area contributed by atoms with Crippen molar-refractivity contribution < 1.29 is 19.2 Å². The van der Waals surface area contributed by atoms with Crippen molar-refractivity contribution in [3.05, 3.63) is 108 Å². The van der Waals surface area contributed by atoms with E-state index in [0.717, 1.165) is 9.13 Å². The first-order valence-electron chi connectivity index (χ1n) is 9.65. The zero-order valence-corrected chi connectivity index (χ0v) is 19.1. The van der Waals surface area contributed by atoms with Gasteiger partial charge in [-0.15, -0.1) is 0 Å². The Labute approximate surface area is 197 Å². The van der Waals surface area contributed by atoms with Gasteiger partial charge in [0.15, 0.2) is 5.70 Å². The van der Waals surface area contributed by atoms with Crippen LogP contribution in [0.25, 0.3) is 6.08 Å². The Morgan fingerprint density at radius 1 is 1.12 bits per heavy atom. The van der Waals surface area contributed by atoms with Gasteiger partial charge in [-0.1, -0.05) is 30.3 Å². The van der Waals surface area contributed by atoms with E-state index in [9.17, 15) is 14.9 Å². The first-order chi connectivity index (χ1) is 15.4. The maximum atomic E-state index is 12.4. The zero-order valence-electron chi connectivity index (χ0n) is 16.9. The average Bonchev–Trinajstić information content (AvgIpc) is 3.13. The summed E-state index contributed by atoms with van der Waals surface area (Å²) in [5.41, 5.74) is 2.80. The zero-order chi connectivity index (χ0) is 22.7. The number of aryl methyl sites for hydroxylation is 1. The molecule has 3 aromatic rings. The van der Waals surface area contributed by atoms with Crippen LogP contribution in [-0.2, 0) is 16.1 Å². The molecule has 0 saturated heterocycles. The maximum Gasteiger partial charge on any atom is 0.363 e. The summed E-state index contributed by atoms with van der Waals surface area (Å²) in [5.74, 6) is 0.126. The topological polar surface area (TPSA) is 91.0 Å². The lowest BCUT2D eigenvalue weighted by Gasteiger charge is -2.09. The highest BCUT2D eigenvalue weighted by atomic mass is 127. The number of hydrogen-bond donors (Lipinski definition) is 0. The third kappa shape index (κ3) is 4.86. The molecule has 1 aliphatic rings. The van der Waals surface area contributed by atoms with Gasteiger partial charge in [0.05, 0.1) is 4.92 Å². The van der Waals surface area contributed by atoms with Gasteiger partial charge in [0.2, 0.25) is 5.90 Å². The number of hydrogen-bond acceptors (Lipinski definition) is 6. The molecular formula is C24H17IN2O5. The van der Waals surface area contributed by atoms with Crippen molar-refractivity contribution in [1.82, 2.24) is 0 Å². The molecule has 32 heavy (non-hydrogen) atoms. The fourth-order valence-corrected chi connectivity index (χ4v) is 3.80. The molecule has 8 heteroatoms. The molecule has 0 atom stereocenters. The van der Waals surface area contributed by atoms with Gasteiger partial charge < -0.3 is 9.47 Å². The molecule has 0 aliphatic carbocycles. The second-order valence-electron chi connectivity index (χ2n) is 7.05. The van der Waals surface area contributed by atoms with Crippen molar-refractivity contribution in [2.24, 2.45) is 4.99 Å². The number of para-hydroxylation sites is 1. The lowest BCUT2D eigenvalue weighted by atomic mass is 10.1. The third-order valence-electron chi connectivity index (χ3n) is 4.76. The molecule has 0 amide bonds. The van der Waals surface area contributed by atoms with Crippen LogP contribution in [0, 0.1) is 20.6 Å². The molecular weight excluding hydrogens is 523 g/mol. The average molecular weight is 540 g/mol. The molecule has 0 bridgehead atoms. The highest BCUT2D eigenvalue weighted by Crippen LogP contribution is 2.27. The van der Waals surface area contributed by atoms with Crippen molar-refractivity contribution >= 4 is 46.2 Å². The summed E-state index contributed by atoms with van der Waals surface area (Å²) in [6, 6.07) is 19.8. The standard InChI is InChI=1S/C24H17IN2O5/c1-15-11-18(9-10-21(15)27(29)30)23-26-20(24(28)32-23)13-17-6-2-3-8-22(17)31-14-16-5-4-7-19(25)12-16/h2-13H,14H2,1H3/b20-13-.